The van der Waals surface area contributed by atoms with E-state index >= 15 is 0 Å². The van der Waals surface area contributed by atoms with Gasteiger partial charge in [0.15, 0.2) is 0 Å². The van der Waals surface area contributed by atoms with Crippen LogP contribution in [0.4, 0.5) is 0 Å². The van der Waals surface area contributed by atoms with Gasteiger partial charge in [0.2, 0.25) is 0 Å². The fourth-order valence-electron chi connectivity index (χ4n) is 1.39. The molecule has 0 radical (unpaired) electrons. The Morgan fingerprint density at radius 3 is 2.50 bits per heavy atom. The van der Waals surface area contributed by atoms with Gasteiger partial charge in [-0.2, -0.15) is 0 Å². The predicted molar refractivity (Wildman–Crippen MR) is 89.6 cm³/mol. The molecule has 0 bridgehead atoms. The van der Waals surface area contributed by atoms with E-state index in [0.29, 0.717) is 10.0 Å². The molecule has 0 saturated carbocycles. The van der Waals surface area contributed by atoms with E-state index in [-0.39, 0.29) is 5.91 Å². The van der Waals surface area contributed by atoms with Gasteiger partial charge in [-0.15, -0.1) is 0 Å². The quantitative estimate of drug-likeness (QED) is 0.562. The molecule has 1 aromatic carbocycles. The Balaban J connectivity index is 2.75. The summed E-state index contributed by atoms with van der Waals surface area (Å²) in [5.41, 5.74) is -0.0778. The van der Waals surface area contributed by atoms with E-state index in [1.54, 1.807) is 39.8 Å². The van der Waals surface area contributed by atoms with E-state index in [9.17, 15) is 9.59 Å². The molecule has 1 aromatic rings. The third-order valence-electron chi connectivity index (χ3n) is 2.28. The average molecular weight is 454 g/mol. The second-order valence-corrected chi connectivity index (χ2v) is 7.45. The average Bonchev–Trinajstić information content (AvgIpc) is 2.29. The molecule has 0 aliphatic heterocycles. The summed E-state index contributed by atoms with van der Waals surface area (Å²) in [5.74, 6) is -0.763. The molecule has 1 rings (SSSR count). The Bertz CT molecular complexity index is 526. The summed E-state index contributed by atoms with van der Waals surface area (Å²) >= 11 is 5.45. The number of hydrogen-bond donors (Lipinski definition) is 1. The minimum Gasteiger partial charge on any atom is -0.458 e. The molecule has 0 fully saturated rings. The molecule has 1 N–H and O–H groups in total. The van der Waals surface area contributed by atoms with Crippen LogP contribution >= 0.6 is 38.5 Å². The topological polar surface area (TPSA) is 55.4 Å². The van der Waals surface area contributed by atoms with Crippen LogP contribution < -0.4 is 5.32 Å². The summed E-state index contributed by atoms with van der Waals surface area (Å²) in [6, 6.07) is 4.74. The number of esters is 1. The van der Waals surface area contributed by atoms with Crippen LogP contribution in [0.5, 0.6) is 0 Å². The highest BCUT2D eigenvalue weighted by Crippen LogP contribution is 2.19. The van der Waals surface area contributed by atoms with Gasteiger partial charge in [0.25, 0.3) is 5.91 Å². The first kappa shape index (κ1) is 17.4. The zero-order valence-electron chi connectivity index (χ0n) is 11.8. The van der Waals surface area contributed by atoms with Gasteiger partial charge in [-0.3, -0.25) is 4.79 Å². The van der Waals surface area contributed by atoms with Gasteiger partial charge in [-0.25, -0.2) is 4.79 Å². The Labute approximate surface area is 140 Å². The lowest BCUT2D eigenvalue weighted by molar-refractivity contribution is -0.156. The number of amides is 1. The fourth-order valence-corrected chi connectivity index (χ4v) is 2.31. The van der Waals surface area contributed by atoms with Gasteiger partial charge in [-0.05, 0) is 84.4 Å². The summed E-state index contributed by atoms with van der Waals surface area (Å²) in [7, 11) is 0. The molecule has 20 heavy (non-hydrogen) atoms. The summed E-state index contributed by atoms with van der Waals surface area (Å²) in [5, 5.41) is 2.64. The lowest BCUT2D eigenvalue weighted by Crippen LogP contribution is -2.42. The maximum absolute atomic E-state index is 12.1. The fraction of sp³-hybridized carbons (Fsp3) is 0.429. The smallest absolute Gasteiger partial charge is 0.328 e. The largest absolute Gasteiger partial charge is 0.458 e. The monoisotopic (exact) mass is 453 g/mol. The SMILES string of the molecule is C[C@H](NC(=O)c1cc(I)ccc1Br)C(=O)OC(C)(C)C. The zero-order valence-corrected chi connectivity index (χ0v) is 15.5. The van der Waals surface area contributed by atoms with Crippen molar-refractivity contribution in [3.63, 3.8) is 0 Å². The number of carbonyl (C=O) groups excluding carboxylic acids is 2. The molecular formula is C14H17BrINO3. The molecule has 0 unspecified atom stereocenters. The molecule has 6 heteroatoms. The van der Waals surface area contributed by atoms with Crippen molar-refractivity contribution in [3.05, 3.63) is 31.8 Å². The van der Waals surface area contributed by atoms with Crippen molar-refractivity contribution in [1.82, 2.24) is 5.32 Å². The van der Waals surface area contributed by atoms with Gasteiger partial charge in [0.05, 0.1) is 5.56 Å². The number of ether oxygens (including phenoxy) is 1. The minimum atomic E-state index is -0.702. The summed E-state index contributed by atoms with van der Waals surface area (Å²) in [6.07, 6.45) is 0. The van der Waals surface area contributed by atoms with Crippen molar-refractivity contribution in [2.75, 3.05) is 0 Å². The van der Waals surface area contributed by atoms with E-state index in [1.807, 2.05) is 6.07 Å². The Morgan fingerprint density at radius 1 is 1.35 bits per heavy atom. The van der Waals surface area contributed by atoms with Gasteiger partial charge < -0.3 is 10.1 Å². The van der Waals surface area contributed by atoms with Crippen molar-refractivity contribution in [2.24, 2.45) is 0 Å². The van der Waals surface area contributed by atoms with Crippen LogP contribution in [0.25, 0.3) is 0 Å². The highest BCUT2D eigenvalue weighted by atomic mass is 127. The lowest BCUT2D eigenvalue weighted by Gasteiger charge is -2.22. The van der Waals surface area contributed by atoms with Gasteiger partial charge in [-0.1, -0.05) is 0 Å². The van der Waals surface area contributed by atoms with Crippen LogP contribution in [0.3, 0.4) is 0 Å². The van der Waals surface area contributed by atoms with Crippen LogP contribution in [-0.2, 0) is 9.53 Å². The van der Waals surface area contributed by atoms with Crippen LogP contribution in [0, 0.1) is 3.57 Å². The molecule has 0 aliphatic rings. The van der Waals surface area contributed by atoms with E-state index in [4.69, 9.17) is 4.74 Å². The van der Waals surface area contributed by atoms with Crippen LogP contribution in [0.2, 0.25) is 0 Å². The maximum Gasteiger partial charge on any atom is 0.328 e. The van der Waals surface area contributed by atoms with Crippen molar-refractivity contribution in [3.8, 4) is 0 Å². The molecule has 0 spiro atoms. The molecule has 110 valence electrons. The number of rotatable bonds is 3. The second kappa shape index (κ2) is 6.89. The third-order valence-corrected chi connectivity index (χ3v) is 3.64. The summed E-state index contributed by atoms with van der Waals surface area (Å²) in [6.45, 7) is 6.97. The highest BCUT2D eigenvalue weighted by molar-refractivity contribution is 14.1. The van der Waals surface area contributed by atoms with Gasteiger partial charge in [0, 0.05) is 8.04 Å². The van der Waals surface area contributed by atoms with Gasteiger partial charge in [0.1, 0.15) is 11.6 Å². The molecule has 0 aliphatic carbocycles. The predicted octanol–water partition coefficient (Wildman–Crippen LogP) is 3.51. The number of benzene rings is 1. The molecule has 1 amide bonds. The zero-order chi connectivity index (χ0) is 15.5. The van der Waals surface area contributed by atoms with Crippen molar-refractivity contribution in [2.45, 2.75) is 39.3 Å². The maximum atomic E-state index is 12.1. The van der Waals surface area contributed by atoms with E-state index in [1.165, 1.54) is 0 Å². The first-order valence-electron chi connectivity index (χ1n) is 6.09. The molecule has 0 saturated heterocycles. The first-order valence-corrected chi connectivity index (χ1v) is 7.96. The van der Waals surface area contributed by atoms with Crippen molar-refractivity contribution in [1.29, 1.82) is 0 Å². The Hall–Kier alpha value is -0.630. The molecule has 4 nitrogen and oxygen atoms in total. The molecular weight excluding hydrogens is 437 g/mol. The first-order chi connectivity index (χ1) is 9.10. The highest BCUT2D eigenvalue weighted by Gasteiger charge is 2.24. The lowest BCUT2D eigenvalue weighted by atomic mass is 10.2. The van der Waals surface area contributed by atoms with Crippen LogP contribution in [-0.4, -0.2) is 23.5 Å². The molecule has 1 atom stereocenters. The second-order valence-electron chi connectivity index (χ2n) is 5.35. The Morgan fingerprint density at radius 2 is 1.95 bits per heavy atom. The summed E-state index contributed by atoms with van der Waals surface area (Å²) in [4.78, 5) is 24.0. The minimum absolute atomic E-state index is 0.311. The van der Waals surface area contributed by atoms with Gasteiger partial charge >= 0.3 is 5.97 Å². The van der Waals surface area contributed by atoms with Crippen molar-refractivity contribution >= 4 is 50.4 Å². The number of hydrogen-bond acceptors (Lipinski definition) is 3. The summed E-state index contributed by atoms with van der Waals surface area (Å²) < 4.78 is 6.86. The number of nitrogens with one attached hydrogen (secondary N) is 1. The number of halogens is 2. The van der Waals surface area contributed by atoms with E-state index < -0.39 is 17.6 Å². The van der Waals surface area contributed by atoms with E-state index in [2.05, 4.69) is 43.8 Å². The Kier molecular flexibility index (Phi) is 6.00. The normalized spacial score (nSPS) is 12.7. The third kappa shape index (κ3) is 5.40. The molecule has 0 aromatic heterocycles. The standard InChI is InChI=1S/C14H17BrINO3/c1-8(13(19)20-14(2,3)4)17-12(18)10-7-9(16)5-6-11(10)15/h5-8H,1-4H3,(H,17,18)/t8-/m0/s1. The number of carbonyl (C=O) groups is 2. The van der Waals surface area contributed by atoms with E-state index in [0.717, 1.165) is 3.57 Å². The van der Waals surface area contributed by atoms with Crippen molar-refractivity contribution < 1.29 is 14.3 Å². The molecule has 0 heterocycles. The van der Waals surface area contributed by atoms with Crippen LogP contribution in [0.15, 0.2) is 22.7 Å². The van der Waals surface area contributed by atoms with Crippen LogP contribution in [0.1, 0.15) is 38.1 Å².